The number of hydrogen-bond acceptors (Lipinski definition) is 2. The second-order valence-corrected chi connectivity index (χ2v) is 5.82. The molecule has 22 heavy (non-hydrogen) atoms. The molecule has 0 fully saturated rings. The molecule has 1 amide bonds. The van der Waals surface area contributed by atoms with Gasteiger partial charge in [0.2, 0.25) is 0 Å². The first-order chi connectivity index (χ1) is 10.5. The van der Waals surface area contributed by atoms with Gasteiger partial charge in [-0.15, -0.1) is 0 Å². The number of amides is 1. The minimum absolute atomic E-state index is 0.249. The van der Waals surface area contributed by atoms with E-state index in [0.29, 0.717) is 27.1 Å². The summed E-state index contributed by atoms with van der Waals surface area (Å²) in [6.45, 7) is 2.01. The summed E-state index contributed by atoms with van der Waals surface area (Å²) in [5, 5.41) is 3.79. The molecule has 2 aromatic rings. The topological polar surface area (TPSA) is 41.5 Å². The summed E-state index contributed by atoms with van der Waals surface area (Å²) in [7, 11) is 0. The van der Waals surface area contributed by atoms with Crippen LogP contribution in [0.3, 0.4) is 0 Å². The van der Waals surface area contributed by atoms with Gasteiger partial charge in [0.1, 0.15) is 11.5 Å². The summed E-state index contributed by atoms with van der Waals surface area (Å²) in [6, 6.07) is 12.9. The van der Waals surface area contributed by atoms with Crippen LogP contribution in [0, 0.1) is 6.92 Å². The van der Waals surface area contributed by atoms with E-state index in [1.807, 2.05) is 31.2 Å². The predicted octanol–water partition coefficient (Wildman–Crippen LogP) is 4.22. The maximum atomic E-state index is 12.0. The molecule has 3 rings (SSSR count). The Balaban J connectivity index is 1.95. The SMILES string of the molecule is Cc1ccc(C2=N/C(=C\c3ccc(Cl)cc3Cl)C(=O)N2)cc1. The van der Waals surface area contributed by atoms with Crippen LogP contribution in [0.25, 0.3) is 6.08 Å². The molecule has 110 valence electrons. The third-order valence-corrected chi connectivity index (χ3v) is 3.84. The fourth-order valence-electron chi connectivity index (χ4n) is 2.08. The monoisotopic (exact) mass is 330 g/mol. The standard InChI is InChI=1S/C17H12Cl2N2O/c1-10-2-4-11(5-3-10)16-20-15(17(22)21-16)8-12-6-7-13(18)9-14(12)19/h2-9H,1H3,(H,20,21,22)/b15-8-. The number of aryl methyl sites for hydroxylation is 1. The van der Waals surface area contributed by atoms with Crippen LogP contribution in [0.15, 0.2) is 53.2 Å². The van der Waals surface area contributed by atoms with Crippen molar-refractivity contribution in [3.63, 3.8) is 0 Å². The molecule has 2 aromatic carbocycles. The lowest BCUT2D eigenvalue weighted by molar-refractivity contribution is -0.115. The van der Waals surface area contributed by atoms with Gasteiger partial charge in [0.05, 0.1) is 0 Å². The first-order valence-corrected chi connectivity index (χ1v) is 7.42. The van der Waals surface area contributed by atoms with Gasteiger partial charge in [-0.05, 0) is 30.7 Å². The summed E-state index contributed by atoms with van der Waals surface area (Å²) in [5.41, 5.74) is 3.03. The van der Waals surface area contributed by atoms with Gasteiger partial charge in [0, 0.05) is 15.6 Å². The molecule has 0 saturated heterocycles. The zero-order valence-electron chi connectivity index (χ0n) is 11.7. The van der Waals surface area contributed by atoms with E-state index in [-0.39, 0.29) is 5.91 Å². The highest BCUT2D eigenvalue weighted by Crippen LogP contribution is 2.24. The summed E-state index contributed by atoms with van der Waals surface area (Å²) in [6.07, 6.45) is 1.65. The van der Waals surface area contributed by atoms with Crippen LogP contribution in [0.5, 0.6) is 0 Å². The Morgan fingerprint density at radius 1 is 1.09 bits per heavy atom. The molecule has 0 saturated carbocycles. The smallest absolute Gasteiger partial charge is 0.275 e. The van der Waals surface area contributed by atoms with Crippen LogP contribution in [-0.4, -0.2) is 11.7 Å². The highest BCUT2D eigenvalue weighted by atomic mass is 35.5. The molecule has 0 radical (unpaired) electrons. The molecular weight excluding hydrogens is 319 g/mol. The number of carbonyl (C=O) groups excluding carboxylic acids is 1. The van der Waals surface area contributed by atoms with Crippen LogP contribution < -0.4 is 5.32 Å². The lowest BCUT2D eigenvalue weighted by Gasteiger charge is -2.00. The first-order valence-electron chi connectivity index (χ1n) is 6.67. The number of rotatable bonds is 2. The molecule has 1 aliphatic heterocycles. The summed E-state index contributed by atoms with van der Waals surface area (Å²) >= 11 is 12.0. The maximum absolute atomic E-state index is 12.0. The number of nitrogens with one attached hydrogen (secondary N) is 1. The van der Waals surface area contributed by atoms with E-state index >= 15 is 0 Å². The van der Waals surface area contributed by atoms with Crippen molar-refractivity contribution in [3.05, 3.63) is 74.9 Å². The number of nitrogens with zero attached hydrogens (tertiary/aromatic N) is 1. The van der Waals surface area contributed by atoms with Gasteiger partial charge in [-0.3, -0.25) is 4.79 Å². The quantitative estimate of drug-likeness (QED) is 0.823. The number of carbonyl (C=O) groups is 1. The Hall–Kier alpha value is -2.10. The van der Waals surface area contributed by atoms with E-state index < -0.39 is 0 Å². The average Bonchev–Trinajstić information content (AvgIpc) is 2.84. The Labute approximate surface area is 138 Å². The van der Waals surface area contributed by atoms with Crippen molar-refractivity contribution in [2.24, 2.45) is 4.99 Å². The second-order valence-electron chi connectivity index (χ2n) is 4.98. The average molecular weight is 331 g/mol. The van der Waals surface area contributed by atoms with Crippen LogP contribution in [0.4, 0.5) is 0 Å². The van der Waals surface area contributed by atoms with Gasteiger partial charge in [-0.2, -0.15) is 0 Å². The largest absolute Gasteiger partial charge is 0.305 e. The van der Waals surface area contributed by atoms with Crippen molar-refractivity contribution >= 4 is 41.0 Å². The van der Waals surface area contributed by atoms with Crippen LogP contribution in [-0.2, 0) is 4.79 Å². The molecule has 1 N–H and O–H groups in total. The van der Waals surface area contributed by atoms with E-state index in [2.05, 4.69) is 10.3 Å². The normalized spacial score (nSPS) is 15.9. The minimum Gasteiger partial charge on any atom is -0.305 e. The summed E-state index contributed by atoms with van der Waals surface area (Å²) in [4.78, 5) is 16.4. The number of amidine groups is 1. The van der Waals surface area contributed by atoms with Gasteiger partial charge >= 0.3 is 0 Å². The molecule has 0 spiro atoms. The van der Waals surface area contributed by atoms with E-state index in [1.165, 1.54) is 0 Å². The van der Waals surface area contributed by atoms with E-state index in [1.54, 1.807) is 24.3 Å². The molecule has 0 aliphatic carbocycles. The highest BCUT2D eigenvalue weighted by molar-refractivity contribution is 6.35. The molecule has 0 bridgehead atoms. The van der Waals surface area contributed by atoms with Gasteiger partial charge in [-0.1, -0.05) is 59.1 Å². The Bertz CT molecular complexity index is 808. The highest BCUT2D eigenvalue weighted by Gasteiger charge is 2.21. The van der Waals surface area contributed by atoms with Crippen molar-refractivity contribution in [2.45, 2.75) is 6.92 Å². The van der Waals surface area contributed by atoms with Crippen molar-refractivity contribution in [1.82, 2.24) is 5.32 Å². The number of aliphatic imine (C=N–C) groups is 1. The van der Waals surface area contributed by atoms with Gasteiger partial charge < -0.3 is 5.32 Å². The van der Waals surface area contributed by atoms with Crippen molar-refractivity contribution in [1.29, 1.82) is 0 Å². The second kappa shape index (κ2) is 5.95. The minimum atomic E-state index is -0.249. The molecule has 1 heterocycles. The zero-order chi connectivity index (χ0) is 15.7. The molecular formula is C17H12Cl2N2O. The third-order valence-electron chi connectivity index (χ3n) is 3.28. The molecule has 3 nitrogen and oxygen atoms in total. The predicted molar refractivity (Wildman–Crippen MR) is 90.3 cm³/mol. The Morgan fingerprint density at radius 3 is 2.50 bits per heavy atom. The van der Waals surface area contributed by atoms with Crippen LogP contribution >= 0.6 is 23.2 Å². The molecule has 1 aliphatic rings. The lowest BCUT2D eigenvalue weighted by Crippen LogP contribution is -2.24. The first kappa shape index (κ1) is 14.8. The number of halogens is 2. The van der Waals surface area contributed by atoms with Crippen molar-refractivity contribution < 1.29 is 4.79 Å². The Morgan fingerprint density at radius 2 is 1.82 bits per heavy atom. The van der Waals surface area contributed by atoms with Gasteiger partial charge in [0.15, 0.2) is 0 Å². The number of benzene rings is 2. The van der Waals surface area contributed by atoms with Crippen LogP contribution in [0.1, 0.15) is 16.7 Å². The van der Waals surface area contributed by atoms with Crippen molar-refractivity contribution in [2.75, 3.05) is 0 Å². The molecule has 5 heteroatoms. The van der Waals surface area contributed by atoms with Gasteiger partial charge in [0.25, 0.3) is 5.91 Å². The van der Waals surface area contributed by atoms with E-state index in [4.69, 9.17) is 23.2 Å². The molecule has 0 unspecified atom stereocenters. The van der Waals surface area contributed by atoms with Gasteiger partial charge in [-0.25, -0.2) is 4.99 Å². The zero-order valence-corrected chi connectivity index (χ0v) is 13.2. The van der Waals surface area contributed by atoms with E-state index in [9.17, 15) is 4.79 Å². The van der Waals surface area contributed by atoms with Crippen molar-refractivity contribution in [3.8, 4) is 0 Å². The van der Waals surface area contributed by atoms with E-state index in [0.717, 1.165) is 11.1 Å². The fraction of sp³-hybridized carbons (Fsp3) is 0.0588. The molecule has 0 aromatic heterocycles. The fourth-order valence-corrected chi connectivity index (χ4v) is 2.55. The molecule has 0 atom stereocenters. The number of hydrogen-bond donors (Lipinski definition) is 1. The summed E-state index contributed by atoms with van der Waals surface area (Å²) < 4.78 is 0. The van der Waals surface area contributed by atoms with Crippen LogP contribution in [0.2, 0.25) is 10.0 Å². The Kier molecular flexibility index (Phi) is 4.01. The maximum Gasteiger partial charge on any atom is 0.275 e. The third kappa shape index (κ3) is 3.06. The lowest BCUT2D eigenvalue weighted by atomic mass is 10.1. The summed E-state index contributed by atoms with van der Waals surface area (Å²) in [5.74, 6) is 0.294.